The first-order chi connectivity index (χ1) is 8.24. The second kappa shape index (κ2) is 5.85. The van der Waals surface area contributed by atoms with Gasteiger partial charge in [-0.2, -0.15) is 0 Å². The summed E-state index contributed by atoms with van der Waals surface area (Å²) in [6, 6.07) is 0. The quantitative estimate of drug-likeness (QED) is 0.687. The van der Waals surface area contributed by atoms with Crippen LogP contribution in [0.25, 0.3) is 0 Å². The molecule has 0 aromatic carbocycles. The van der Waals surface area contributed by atoms with Crippen LogP contribution in [0.1, 0.15) is 39.5 Å². The summed E-state index contributed by atoms with van der Waals surface area (Å²) in [5.41, 5.74) is 0. The summed E-state index contributed by atoms with van der Waals surface area (Å²) < 4.78 is 0. The molecule has 2 aliphatic rings. The number of fused-ring (bicyclic) bond motifs is 1. The van der Waals surface area contributed by atoms with E-state index in [0.29, 0.717) is 11.8 Å². The average molecular weight is 238 g/mol. The smallest absolute Gasteiger partial charge is 0.223 e. The van der Waals surface area contributed by atoms with Crippen molar-refractivity contribution in [2.45, 2.75) is 39.5 Å². The molecule has 17 heavy (non-hydrogen) atoms. The molecule has 0 heterocycles. The van der Waals surface area contributed by atoms with Crippen molar-refractivity contribution in [1.29, 1.82) is 0 Å². The molecule has 0 aromatic rings. The zero-order valence-electron chi connectivity index (χ0n) is 11.2. The van der Waals surface area contributed by atoms with Crippen LogP contribution < -0.4 is 5.32 Å². The van der Waals surface area contributed by atoms with E-state index in [4.69, 9.17) is 0 Å². The molecule has 0 bridgehead atoms. The van der Waals surface area contributed by atoms with Gasteiger partial charge in [0.1, 0.15) is 0 Å². The molecule has 2 saturated carbocycles. The summed E-state index contributed by atoms with van der Waals surface area (Å²) in [7, 11) is 0. The third-order valence-electron chi connectivity index (χ3n) is 4.46. The maximum absolute atomic E-state index is 11.9. The molecule has 3 heteroatoms. The van der Waals surface area contributed by atoms with Crippen LogP contribution in [-0.2, 0) is 4.79 Å². The predicted molar refractivity (Wildman–Crippen MR) is 69.7 cm³/mol. The minimum Gasteiger partial charge on any atom is -0.356 e. The first-order valence-electron chi connectivity index (χ1n) is 7.24. The molecule has 1 N–H and O–H groups in total. The largest absolute Gasteiger partial charge is 0.356 e. The third kappa shape index (κ3) is 3.44. The molecule has 0 saturated heterocycles. The Morgan fingerprint density at radius 3 is 2.41 bits per heavy atom. The summed E-state index contributed by atoms with van der Waals surface area (Å²) in [5, 5.41) is 3.10. The Hall–Kier alpha value is -0.570. The molecule has 2 unspecified atom stereocenters. The number of carbonyl (C=O) groups is 1. The van der Waals surface area contributed by atoms with Gasteiger partial charge in [-0.3, -0.25) is 4.79 Å². The van der Waals surface area contributed by atoms with Crippen molar-refractivity contribution in [3.63, 3.8) is 0 Å². The molecular weight excluding hydrogens is 212 g/mol. The fraction of sp³-hybridized carbons (Fsp3) is 0.929. The monoisotopic (exact) mass is 238 g/mol. The summed E-state index contributed by atoms with van der Waals surface area (Å²) in [5.74, 6) is 2.46. The Bertz CT molecular complexity index is 253. The van der Waals surface area contributed by atoms with Crippen molar-refractivity contribution < 1.29 is 4.79 Å². The van der Waals surface area contributed by atoms with E-state index < -0.39 is 0 Å². The zero-order chi connectivity index (χ0) is 12.3. The van der Waals surface area contributed by atoms with Gasteiger partial charge in [0, 0.05) is 12.5 Å². The maximum atomic E-state index is 11.9. The number of nitrogens with zero attached hydrogens (tertiary/aromatic N) is 1. The highest BCUT2D eigenvalue weighted by atomic mass is 16.1. The summed E-state index contributed by atoms with van der Waals surface area (Å²) in [4.78, 5) is 14.3. The van der Waals surface area contributed by atoms with Crippen molar-refractivity contribution in [2.24, 2.45) is 17.8 Å². The summed E-state index contributed by atoms with van der Waals surface area (Å²) in [6.07, 6.45) is 4.79. The Morgan fingerprint density at radius 1 is 1.18 bits per heavy atom. The molecule has 2 atom stereocenters. The number of hydrogen-bond donors (Lipinski definition) is 1. The fourth-order valence-corrected chi connectivity index (χ4v) is 3.13. The van der Waals surface area contributed by atoms with Crippen molar-refractivity contribution in [1.82, 2.24) is 10.2 Å². The van der Waals surface area contributed by atoms with Crippen LogP contribution in [0, 0.1) is 17.8 Å². The van der Waals surface area contributed by atoms with Gasteiger partial charge < -0.3 is 10.2 Å². The van der Waals surface area contributed by atoms with Crippen LogP contribution in [0.15, 0.2) is 0 Å². The second-order valence-electron chi connectivity index (χ2n) is 5.60. The zero-order valence-corrected chi connectivity index (χ0v) is 11.2. The molecule has 0 aliphatic heterocycles. The lowest BCUT2D eigenvalue weighted by atomic mass is 10.0. The number of nitrogens with one attached hydrogen (secondary N) is 1. The van der Waals surface area contributed by atoms with Gasteiger partial charge in [-0.25, -0.2) is 0 Å². The molecule has 0 aromatic heterocycles. The highest BCUT2D eigenvalue weighted by Crippen LogP contribution is 2.54. The van der Waals surface area contributed by atoms with Crippen molar-refractivity contribution in [3.8, 4) is 0 Å². The van der Waals surface area contributed by atoms with E-state index >= 15 is 0 Å². The number of carbonyl (C=O) groups excluding carboxylic acids is 1. The van der Waals surface area contributed by atoms with Gasteiger partial charge in [-0.05, 0) is 57.2 Å². The molecule has 0 radical (unpaired) electrons. The fourth-order valence-electron chi connectivity index (χ4n) is 3.13. The molecule has 3 nitrogen and oxygen atoms in total. The minimum atomic E-state index is 0.316. The molecule has 98 valence electrons. The lowest BCUT2D eigenvalue weighted by Crippen LogP contribution is -2.33. The SMILES string of the molecule is CCN(CC)CCCNC(=O)C1CC2CC2C1. The number of rotatable bonds is 7. The Kier molecular flexibility index (Phi) is 4.43. The van der Waals surface area contributed by atoms with Crippen LogP contribution in [0.5, 0.6) is 0 Å². The van der Waals surface area contributed by atoms with Crippen LogP contribution in [0.2, 0.25) is 0 Å². The lowest BCUT2D eigenvalue weighted by Gasteiger charge is -2.18. The van der Waals surface area contributed by atoms with E-state index in [-0.39, 0.29) is 0 Å². The van der Waals surface area contributed by atoms with E-state index in [1.807, 2.05) is 0 Å². The van der Waals surface area contributed by atoms with Crippen LogP contribution in [0.3, 0.4) is 0 Å². The van der Waals surface area contributed by atoms with Gasteiger partial charge in [0.05, 0.1) is 0 Å². The first-order valence-corrected chi connectivity index (χ1v) is 7.24. The van der Waals surface area contributed by atoms with Gasteiger partial charge >= 0.3 is 0 Å². The van der Waals surface area contributed by atoms with E-state index in [9.17, 15) is 4.79 Å². The topological polar surface area (TPSA) is 32.3 Å². The maximum Gasteiger partial charge on any atom is 0.223 e. The van der Waals surface area contributed by atoms with E-state index in [1.54, 1.807) is 0 Å². The molecule has 2 fully saturated rings. The van der Waals surface area contributed by atoms with E-state index in [2.05, 4.69) is 24.1 Å². The van der Waals surface area contributed by atoms with Gasteiger partial charge in [-0.1, -0.05) is 13.8 Å². The van der Waals surface area contributed by atoms with Gasteiger partial charge in [0.2, 0.25) is 5.91 Å². The minimum absolute atomic E-state index is 0.316. The Labute approximate surface area is 105 Å². The predicted octanol–water partition coefficient (Wildman–Crippen LogP) is 1.88. The van der Waals surface area contributed by atoms with E-state index in [0.717, 1.165) is 57.3 Å². The second-order valence-corrected chi connectivity index (χ2v) is 5.60. The molecular formula is C14H26N2O. The number of hydrogen-bond acceptors (Lipinski definition) is 2. The number of amides is 1. The Balaban J connectivity index is 1.54. The summed E-state index contributed by atoms with van der Waals surface area (Å²) in [6.45, 7) is 8.54. The average Bonchev–Trinajstić information content (AvgIpc) is 2.96. The van der Waals surface area contributed by atoms with Crippen molar-refractivity contribution >= 4 is 5.91 Å². The highest BCUT2D eigenvalue weighted by Gasteiger charge is 2.47. The molecule has 1 amide bonds. The standard InChI is InChI=1S/C14H26N2O/c1-3-16(4-2)7-5-6-15-14(17)13-9-11-8-12(11)10-13/h11-13H,3-10H2,1-2H3,(H,15,17). The van der Waals surface area contributed by atoms with Crippen LogP contribution in [0.4, 0.5) is 0 Å². The van der Waals surface area contributed by atoms with Gasteiger partial charge in [0.25, 0.3) is 0 Å². The first kappa shape index (κ1) is 12.9. The Morgan fingerprint density at radius 2 is 1.82 bits per heavy atom. The van der Waals surface area contributed by atoms with Crippen LogP contribution in [-0.4, -0.2) is 37.0 Å². The molecule has 2 rings (SSSR count). The van der Waals surface area contributed by atoms with Crippen molar-refractivity contribution in [2.75, 3.05) is 26.2 Å². The summed E-state index contributed by atoms with van der Waals surface area (Å²) >= 11 is 0. The van der Waals surface area contributed by atoms with Gasteiger partial charge in [-0.15, -0.1) is 0 Å². The van der Waals surface area contributed by atoms with Crippen molar-refractivity contribution in [3.05, 3.63) is 0 Å². The highest BCUT2D eigenvalue weighted by molar-refractivity contribution is 5.79. The van der Waals surface area contributed by atoms with Crippen LogP contribution >= 0.6 is 0 Å². The van der Waals surface area contributed by atoms with Gasteiger partial charge in [0.15, 0.2) is 0 Å². The van der Waals surface area contributed by atoms with E-state index in [1.165, 1.54) is 6.42 Å². The molecule has 0 spiro atoms. The molecule has 2 aliphatic carbocycles. The lowest BCUT2D eigenvalue weighted by molar-refractivity contribution is -0.125. The normalized spacial score (nSPS) is 30.4. The third-order valence-corrected chi connectivity index (χ3v) is 4.46.